The van der Waals surface area contributed by atoms with Gasteiger partial charge in [0.05, 0.1) is 11.3 Å². The van der Waals surface area contributed by atoms with E-state index < -0.39 is 4.92 Å². The average molecular weight is 298 g/mol. The third-order valence-electron chi connectivity index (χ3n) is 3.38. The van der Waals surface area contributed by atoms with Gasteiger partial charge in [-0.2, -0.15) is 0 Å². The maximum absolute atomic E-state index is 12.1. The van der Waals surface area contributed by atoms with Crippen LogP contribution in [0.4, 0.5) is 11.4 Å². The third-order valence-corrected chi connectivity index (χ3v) is 3.38. The predicted octanol–water partition coefficient (Wildman–Crippen LogP) is 3.90. The summed E-state index contributed by atoms with van der Waals surface area (Å²) >= 11 is 0. The zero-order valence-electron chi connectivity index (χ0n) is 12.6. The van der Waals surface area contributed by atoms with Gasteiger partial charge in [0, 0.05) is 17.3 Å². The van der Waals surface area contributed by atoms with E-state index in [2.05, 4.69) is 19.2 Å². The number of carbonyl (C=O) groups excluding carboxylic acids is 1. The van der Waals surface area contributed by atoms with Gasteiger partial charge >= 0.3 is 0 Å². The molecule has 0 saturated heterocycles. The average Bonchev–Trinajstić information content (AvgIpc) is 2.47. The molecule has 2 aromatic rings. The van der Waals surface area contributed by atoms with Gasteiger partial charge in [-0.15, -0.1) is 0 Å². The Morgan fingerprint density at radius 3 is 2.59 bits per heavy atom. The van der Waals surface area contributed by atoms with Crippen LogP contribution in [-0.4, -0.2) is 10.8 Å². The van der Waals surface area contributed by atoms with E-state index in [4.69, 9.17) is 0 Å². The van der Waals surface area contributed by atoms with Gasteiger partial charge in [0.2, 0.25) is 5.91 Å². The molecule has 5 nitrogen and oxygen atoms in total. The van der Waals surface area contributed by atoms with E-state index in [0.29, 0.717) is 17.2 Å². The van der Waals surface area contributed by atoms with Crippen molar-refractivity contribution in [2.75, 3.05) is 5.32 Å². The molecule has 0 aliphatic heterocycles. The zero-order valence-corrected chi connectivity index (χ0v) is 12.6. The maximum atomic E-state index is 12.1. The minimum Gasteiger partial charge on any atom is -0.326 e. The summed E-state index contributed by atoms with van der Waals surface area (Å²) < 4.78 is 0. The molecule has 22 heavy (non-hydrogen) atoms. The molecule has 0 unspecified atom stereocenters. The molecular formula is C17H18N2O3. The molecule has 1 N–H and O–H groups in total. The number of nitro groups is 1. The normalized spacial score (nSPS) is 10.5. The van der Waals surface area contributed by atoms with Crippen molar-refractivity contribution in [2.24, 2.45) is 0 Å². The molecule has 1 amide bonds. The number of benzene rings is 2. The highest BCUT2D eigenvalue weighted by Crippen LogP contribution is 2.20. The van der Waals surface area contributed by atoms with Crippen LogP contribution in [0.3, 0.4) is 0 Å². The summed E-state index contributed by atoms with van der Waals surface area (Å²) in [6.07, 6.45) is -0.0247. The standard InChI is InChI=1S/C17H18N2O3/c1-12(2)13-7-5-8-15(10-13)18-17(20)11-14-6-3-4-9-16(14)19(21)22/h3-10,12H,11H2,1-2H3,(H,18,20). The van der Waals surface area contributed by atoms with Crippen LogP contribution in [0, 0.1) is 10.1 Å². The first-order valence-electron chi connectivity index (χ1n) is 7.09. The monoisotopic (exact) mass is 298 g/mol. The molecule has 0 atom stereocenters. The number of rotatable bonds is 5. The molecule has 0 radical (unpaired) electrons. The third kappa shape index (κ3) is 3.91. The number of hydrogen-bond donors (Lipinski definition) is 1. The maximum Gasteiger partial charge on any atom is 0.273 e. The molecule has 2 aromatic carbocycles. The molecule has 0 aliphatic rings. The fourth-order valence-corrected chi connectivity index (χ4v) is 2.19. The molecule has 0 heterocycles. The summed E-state index contributed by atoms with van der Waals surface area (Å²) in [6, 6.07) is 13.9. The van der Waals surface area contributed by atoms with Crippen LogP contribution in [0.15, 0.2) is 48.5 Å². The van der Waals surface area contributed by atoms with E-state index in [9.17, 15) is 14.9 Å². The number of hydrogen-bond acceptors (Lipinski definition) is 3. The van der Waals surface area contributed by atoms with Gasteiger partial charge in [0.25, 0.3) is 5.69 Å². The second kappa shape index (κ2) is 6.85. The molecule has 0 bridgehead atoms. The van der Waals surface area contributed by atoms with Crippen molar-refractivity contribution >= 4 is 17.3 Å². The summed E-state index contributed by atoms with van der Waals surface area (Å²) in [5.74, 6) is 0.0993. The van der Waals surface area contributed by atoms with Crippen molar-refractivity contribution in [1.82, 2.24) is 0 Å². The minimum atomic E-state index is -0.470. The Balaban J connectivity index is 2.11. The van der Waals surface area contributed by atoms with Gasteiger partial charge in [-0.05, 0) is 23.6 Å². The fourth-order valence-electron chi connectivity index (χ4n) is 2.19. The van der Waals surface area contributed by atoms with Crippen LogP contribution in [0.2, 0.25) is 0 Å². The highest BCUT2D eigenvalue weighted by molar-refractivity contribution is 5.92. The Kier molecular flexibility index (Phi) is 4.88. The molecule has 0 saturated carbocycles. The summed E-state index contributed by atoms with van der Waals surface area (Å²) in [5, 5.41) is 13.7. The van der Waals surface area contributed by atoms with Gasteiger partial charge in [-0.1, -0.05) is 44.2 Å². The van der Waals surface area contributed by atoms with Crippen LogP contribution >= 0.6 is 0 Å². The second-order valence-corrected chi connectivity index (χ2v) is 5.39. The van der Waals surface area contributed by atoms with Crippen molar-refractivity contribution in [3.63, 3.8) is 0 Å². The molecule has 0 fully saturated rings. The van der Waals surface area contributed by atoms with Gasteiger partial charge in [0.15, 0.2) is 0 Å². The second-order valence-electron chi connectivity index (χ2n) is 5.39. The Bertz CT molecular complexity index is 696. The Hall–Kier alpha value is -2.69. The van der Waals surface area contributed by atoms with Crippen LogP contribution in [0.25, 0.3) is 0 Å². The Morgan fingerprint density at radius 1 is 1.18 bits per heavy atom. The molecular weight excluding hydrogens is 280 g/mol. The van der Waals surface area contributed by atoms with Crippen LogP contribution in [0.5, 0.6) is 0 Å². The smallest absolute Gasteiger partial charge is 0.273 e. The number of carbonyl (C=O) groups is 1. The number of nitrogens with one attached hydrogen (secondary N) is 1. The lowest BCUT2D eigenvalue weighted by molar-refractivity contribution is -0.385. The van der Waals surface area contributed by atoms with E-state index in [-0.39, 0.29) is 18.0 Å². The first-order valence-corrected chi connectivity index (χ1v) is 7.09. The predicted molar refractivity (Wildman–Crippen MR) is 86.0 cm³/mol. The molecule has 2 rings (SSSR count). The van der Waals surface area contributed by atoms with E-state index in [0.717, 1.165) is 5.56 Å². The van der Waals surface area contributed by atoms with E-state index in [1.165, 1.54) is 6.07 Å². The quantitative estimate of drug-likeness (QED) is 0.672. The first kappa shape index (κ1) is 15.7. The van der Waals surface area contributed by atoms with E-state index in [1.54, 1.807) is 18.2 Å². The topological polar surface area (TPSA) is 72.2 Å². The van der Waals surface area contributed by atoms with Crippen LogP contribution in [-0.2, 0) is 11.2 Å². The number of anilines is 1. The Morgan fingerprint density at radius 2 is 1.91 bits per heavy atom. The number of nitro benzene ring substituents is 1. The summed E-state index contributed by atoms with van der Waals surface area (Å²) in [5.41, 5.74) is 2.21. The number of para-hydroxylation sites is 1. The molecule has 0 aliphatic carbocycles. The summed E-state index contributed by atoms with van der Waals surface area (Å²) in [7, 11) is 0. The first-order chi connectivity index (χ1) is 10.5. The van der Waals surface area contributed by atoms with Gasteiger partial charge < -0.3 is 5.32 Å². The Labute approximate surface area is 129 Å². The van der Waals surface area contributed by atoms with Gasteiger partial charge in [-0.3, -0.25) is 14.9 Å². The van der Waals surface area contributed by atoms with E-state index in [1.807, 2.05) is 24.3 Å². The largest absolute Gasteiger partial charge is 0.326 e. The van der Waals surface area contributed by atoms with Gasteiger partial charge in [-0.25, -0.2) is 0 Å². The molecule has 114 valence electrons. The van der Waals surface area contributed by atoms with Crippen LogP contribution < -0.4 is 5.32 Å². The fraction of sp³-hybridized carbons (Fsp3) is 0.235. The minimum absolute atomic E-state index is 0.0247. The van der Waals surface area contributed by atoms with Crippen molar-refractivity contribution in [3.05, 3.63) is 69.8 Å². The van der Waals surface area contributed by atoms with Gasteiger partial charge in [0.1, 0.15) is 0 Å². The van der Waals surface area contributed by atoms with Crippen molar-refractivity contribution in [1.29, 1.82) is 0 Å². The van der Waals surface area contributed by atoms with Crippen LogP contribution in [0.1, 0.15) is 30.9 Å². The van der Waals surface area contributed by atoms with E-state index >= 15 is 0 Å². The SMILES string of the molecule is CC(C)c1cccc(NC(=O)Cc2ccccc2[N+](=O)[O-])c1. The molecule has 0 aromatic heterocycles. The zero-order chi connectivity index (χ0) is 16.1. The van der Waals surface area contributed by atoms with Crippen molar-refractivity contribution < 1.29 is 9.72 Å². The summed E-state index contributed by atoms with van der Waals surface area (Å²) in [4.78, 5) is 22.6. The molecule has 5 heteroatoms. The lowest BCUT2D eigenvalue weighted by atomic mass is 10.0. The number of amides is 1. The highest BCUT2D eigenvalue weighted by Gasteiger charge is 2.15. The highest BCUT2D eigenvalue weighted by atomic mass is 16.6. The van der Waals surface area contributed by atoms with Crippen molar-refractivity contribution in [3.8, 4) is 0 Å². The van der Waals surface area contributed by atoms with Crippen molar-refractivity contribution in [2.45, 2.75) is 26.2 Å². The lowest BCUT2D eigenvalue weighted by Crippen LogP contribution is -2.15. The summed E-state index contributed by atoms with van der Waals surface area (Å²) in [6.45, 7) is 4.16. The lowest BCUT2D eigenvalue weighted by Gasteiger charge is -2.09. The molecule has 0 spiro atoms. The number of nitrogens with zero attached hydrogens (tertiary/aromatic N) is 1.